The summed E-state index contributed by atoms with van der Waals surface area (Å²) >= 11 is 0. The summed E-state index contributed by atoms with van der Waals surface area (Å²) in [5, 5.41) is 2.82. The van der Waals surface area contributed by atoms with E-state index in [0.29, 0.717) is 31.0 Å². The van der Waals surface area contributed by atoms with E-state index in [-0.39, 0.29) is 18.1 Å². The molecule has 6 heteroatoms. The van der Waals surface area contributed by atoms with Crippen LogP contribution in [0.15, 0.2) is 24.3 Å². The monoisotopic (exact) mass is 279 g/mol. The maximum absolute atomic E-state index is 12.0. The minimum atomic E-state index is -0.0884. The number of nitrogens with two attached hydrogens (primary N) is 1. The molecule has 0 aliphatic carbocycles. The largest absolute Gasteiger partial charge is 0.397 e. The van der Waals surface area contributed by atoms with Gasteiger partial charge in [-0.15, -0.1) is 0 Å². The quantitative estimate of drug-likeness (QED) is 0.770. The van der Waals surface area contributed by atoms with Gasteiger partial charge in [0.25, 0.3) is 0 Å². The van der Waals surface area contributed by atoms with Crippen molar-refractivity contribution in [1.29, 1.82) is 0 Å². The maximum atomic E-state index is 12.0. The topological polar surface area (TPSA) is 76.8 Å². The van der Waals surface area contributed by atoms with Crippen molar-refractivity contribution in [2.45, 2.75) is 12.2 Å². The van der Waals surface area contributed by atoms with E-state index in [1.54, 1.807) is 26.4 Å². The lowest BCUT2D eigenvalue weighted by Crippen LogP contribution is -2.32. The van der Waals surface area contributed by atoms with E-state index in [1.807, 2.05) is 17.0 Å². The summed E-state index contributed by atoms with van der Waals surface area (Å²) < 4.78 is 10.7. The van der Waals surface area contributed by atoms with Crippen LogP contribution >= 0.6 is 0 Å². The van der Waals surface area contributed by atoms with Crippen LogP contribution in [-0.4, -0.2) is 56.9 Å². The summed E-state index contributed by atoms with van der Waals surface area (Å²) in [5.41, 5.74) is 7.00. The highest BCUT2D eigenvalue weighted by molar-refractivity contribution is 5.95. The molecule has 1 saturated heterocycles. The molecule has 2 rings (SSSR count). The van der Waals surface area contributed by atoms with Crippen molar-refractivity contribution >= 4 is 17.3 Å². The first-order valence-electron chi connectivity index (χ1n) is 6.56. The Labute approximate surface area is 118 Å². The highest BCUT2D eigenvalue weighted by atomic mass is 16.5. The smallest absolute Gasteiger partial charge is 0.238 e. The number of carbonyl (C=O) groups is 1. The number of nitrogens with zero attached hydrogens (tertiary/aromatic N) is 1. The number of benzene rings is 1. The Hall–Kier alpha value is -1.63. The predicted octanol–water partition coefficient (Wildman–Crippen LogP) is 0.553. The second-order valence-electron chi connectivity index (χ2n) is 4.88. The van der Waals surface area contributed by atoms with Crippen molar-refractivity contribution < 1.29 is 14.3 Å². The average Bonchev–Trinajstić information content (AvgIpc) is 2.83. The lowest BCUT2D eigenvalue weighted by molar-refractivity contribution is -0.117. The molecule has 0 aromatic heterocycles. The van der Waals surface area contributed by atoms with E-state index in [9.17, 15) is 4.79 Å². The molecule has 1 aliphatic rings. The molecule has 1 fully saturated rings. The van der Waals surface area contributed by atoms with E-state index >= 15 is 0 Å². The second-order valence-corrected chi connectivity index (χ2v) is 4.88. The van der Waals surface area contributed by atoms with E-state index in [0.717, 1.165) is 0 Å². The maximum Gasteiger partial charge on any atom is 0.238 e. The molecule has 1 amide bonds. The molecular formula is C14H21N3O3. The molecule has 0 saturated carbocycles. The molecule has 6 nitrogen and oxygen atoms in total. The molecule has 2 unspecified atom stereocenters. The summed E-state index contributed by atoms with van der Waals surface area (Å²) in [4.78, 5) is 14.0. The first-order chi connectivity index (χ1) is 9.63. The third-order valence-corrected chi connectivity index (χ3v) is 3.50. The number of hydrogen-bond donors (Lipinski definition) is 2. The normalized spacial score (nSPS) is 22.9. The van der Waals surface area contributed by atoms with E-state index in [1.165, 1.54) is 0 Å². The molecule has 0 radical (unpaired) electrons. The lowest BCUT2D eigenvalue weighted by Gasteiger charge is -2.15. The van der Waals surface area contributed by atoms with Crippen LogP contribution in [0.5, 0.6) is 0 Å². The van der Waals surface area contributed by atoms with E-state index in [4.69, 9.17) is 15.2 Å². The van der Waals surface area contributed by atoms with Crippen LogP contribution in [0, 0.1) is 0 Å². The molecule has 20 heavy (non-hydrogen) atoms. The summed E-state index contributed by atoms with van der Waals surface area (Å²) in [6.45, 7) is 1.67. The Morgan fingerprint density at radius 1 is 1.30 bits per heavy atom. The minimum absolute atomic E-state index is 0.00888. The number of hydrogen-bond acceptors (Lipinski definition) is 5. The molecule has 1 aliphatic heterocycles. The zero-order chi connectivity index (χ0) is 14.5. The summed E-state index contributed by atoms with van der Waals surface area (Å²) in [6, 6.07) is 7.21. The molecule has 1 heterocycles. The molecule has 0 bridgehead atoms. The van der Waals surface area contributed by atoms with Gasteiger partial charge in [-0.1, -0.05) is 12.1 Å². The summed E-state index contributed by atoms with van der Waals surface area (Å²) in [7, 11) is 3.32. The van der Waals surface area contributed by atoms with Crippen molar-refractivity contribution in [3.63, 3.8) is 0 Å². The van der Waals surface area contributed by atoms with E-state index < -0.39 is 0 Å². The fraction of sp³-hybridized carbons (Fsp3) is 0.500. The molecule has 1 aromatic rings. The first kappa shape index (κ1) is 14.8. The van der Waals surface area contributed by atoms with Crippen molar-refractivity contribution in [2.24, 2.45) is 0 Å². The van der Waals surface area contributed by atoms with Crippen LogP contribution in [0.3, 0.4) is 0 Å². The van der Waals surface area contributed by atoms with Gasteiger partial charge < -0.3 is 20.5 Å². The van der Waals surface area contributed by atoms with Gasteiger partial charge in [0.15, 0.2) is 0 Å². The number of ether oxygens (including phenoxy) is 2. The Kier molecular flexibility index (Phi) is 4.94. The molecule has 1 aromatic carbocycles. The van der Waals surface area contributed by atoms with E-state index in [2.05, 4.69) is 5.32 Å². The Morgan fingerprint density at radius 2 is 1.90 bits per heavy atom. The van der Waals surface area contributed by atoms with Gasteiger partial charge in [-0.3, -0.25) is 9.69 Å². The van der Waals surface area contributed by atoms with Gasteiger partial charge in [0.05, 0.1) is 30.1 Å². The summed E-state index contributed by atoms with van der Waals surface area (Å²) in [6.07, 6.45) is 0.0178. The zero-order valence-electron chi connectivity index (χ0n) is 11.8. The van der Waals surface area contributed by atoms with Gasteiger partial charge in [0, 0.05) is 27.3 Å². The average molecular weight is 279 g/mol. The number of rotatable bonds is 5. The van der Waals surface area contributed by atoms with Crippen LogP contribution in [0.25, 0.3) is 0 Å². The number of para-hydroxylation sites is 2. The Bertz CT molecular complexity index is 455. The minimum Gasteiger partial charge on any atom is -0.397 e. The van der Waals surface area contributed by atoms with Crippen molar-refractivity contribution in [3.05, 3.63) is 24.3 Å². The van der Waals surface area contributed by atoms with Crippen LogP contribution in [-0.2, 0) is 14.3 Å². The van der Waals surface area contributed by atoms with Crippen molar-refractivity contribution in [1.82, 2.24) is 4.90 Å². The molecule has 110 valence electrons. The highest BCUT2D eigenvalue weighted by Crippen LogP contribution is 2.18. The second kappa shape index (κ2) is 6.69. The van der Waals surface area contributed by atoms with Gasteiger partial charge in [0.2, 0.25) is 5.91 Å². The highest BCUT2D eigenvalue weighted by Gasteiger charge is 2.33. The van der Waals surface area contributed by atoms with Crippen molar-refractivity contribution in [3.8, 4) is 0 Å². The number of amides is 1. The Balaban J connectivity index is 1.88. The van der Waals surface area contributed by atoms with Gasteiger partial charge in [-0.05, 0) is 12.1 Å². The summed E-state index contributed by atoms with van der Waals surface area (Å²) in [5.74, 6) is -0.0884. The Morgan fingerprint density at radius 3 is 2.45 bits per heavy atom. The number of methoxy groups -OCH3 is 2. The SMILES string of the molecule is COC1CN(CC(=O)Nc2ccccc2N)CC1OC. The predicted molar refractivity (Wildman–Crippen MR) is 77.5 cm³/mol. The van der Waals surface area contributed by atoms with Crippen molar-refractivity contribution in [2.75, 3.05) is 44.9 Å². The van der Waals surface area contributed by atoms with Gasteiger partial charge in [-0.2, -0.15) is 0 Å². The number of likely N-dealkylation sites (tertiary alicyclic amines) is 1. The molecule has 2 atom stereocenters. The number of anilines is 2. The number of nitrogens with one attached hydrogen (secondary N) is 1. The molecular weight excluding hydrogens is 258 g/mol. The standard InChI is InChI=1S/C14H21N3O3/c1-19-12-7-17(8-13(12)20-2)9-14(18)16-11-6-4-3-5-10(11)15/h3-6,12-13H,7-9,15H2,1-2H3,(H,16,18). The number of carbonyl (C=O) groups excluding carboxylic acids is 1. The van der Waals surface area contributed by atoms with Gasteiger partial charge in [0.1, 0.15) is 0 Å². The third-order valence-electron chi connectivity index (χ3n) is 3.50. The van der Waals surface area contributed by atoms with Crippen LogP contribution in [0.1, 0.15) is 0 Å². The third kappa shape index (κ3) is 3.47. The fourth-order valence-corrected chi connectivity index (χ4v) is 2.40. The molecule has 0 spiro atoms. The van der Waals surface area contributed by atoms with Crippen LogP contribution in [0.4, 0.5) is 11.4 Å². The zero-order valence-corrected chi connectivity index (χ0v) is 11.8. The number of nitrogen functional groups attached to an aromatic ring is 1. The van der Waals surface area contributed by atoms with Gasteiger partial charge >= 0.3 is 0 Å². The first-order valence-corrected chi connectivity index (χ1v) is 6.56. The lowest BCUT2D eigenvalue weighted by atomic mass is 10.2. The fourth-order valence-electron chi connectivity index (χ4n) is 2.40. The van der Waals surface area contributed by atoms with Crippen LogP contribution < -0.4 is 11.1 Å². The van der Waals surface area contributed by atoms with Gasteiger partial charge in [-0.25, -0.2) is 0 Å². The molecule has 3 N–H and O–H groups in total. The van der Waals surface area contributed by atoms with Crippen LogP contribution in [0.2, 0.25) is 0 Å².